The Bertz CT molecular complexity index is 855. The molecule has 8 nitrogen and oxygen atoms in total. The summed E-state index contributed by atoms with van der Waals surface area (Å²) < 4.78 is 5.05. The number of amides is 2. The quantitative estimate of drug-likeness (QED) is 0.444. The summed E-state index contributed by atoms with van der Waals surface area (Å²) in [5.41, 5.74) is 0.588. The third kappa shape index (κ3) is 5.20. The Morgan fingerprint density at radius 2 is 1.89 bits per heavy atom. The van der Waals surface area contributed by atoms with Crippen LogP contribution in [0.4, 0.5) is 11.4 Å². The van der Waals surface area contributed by atoms with Crippen molar-refractivity contribution in [3.63, 3.8) is 0 Å². The molecule has 0 heterocycles. The fourth-order valence-electron chi connectivity index (χ4n) is 2.35. The van der Waals surface area contributed by atoms with Gasteiger partial charge >= 0.3 is 0 Å². The maximum Gasteiger partial charge on any atom is 0.283 e. The van der Waals surface area contributed by atoms with E-state index in [2.05, 4.69) is 5.32 Å². The predicted octanol–water partition coefficient (Wildman–Crippen LogP) is 3.04. The summed E-state index contributed by atoms with van der Waals surface area (Å²) in [5.74, 6) is -0.197. The lowest BCUT2D eigenvalue weighted by Gasteiger charge is -2.17. The predicted molar refractivity (Wildman–Crippen MR) is 103 cm³/mol. The molecule has 0 aliphatic rings. The molecule has 1 N–H and O–H groups in total. The number of hydrogen-bond acceptors (Lipinski definition) is 6. The van der Waals surface area contributed by atoms with Crippen LogP contribution < -0.4 is 10.1 Å². The topological polar surface area (TPSA) is 102 Å². The van der Waals surface area contributed by atoms with Gasteiger partial charge in [-0.2, -0.15) is 0 Å². The maximum atomic E-state index is 12.5. The number of nitro benzene ring substituents is 1. The Kier molecular flexibility index (Phi) is 6.78. The second kappa shape index (κ2) is 9.04. The van der Waals surface area contributed by atoms with Gasteiger partial charge in [0.05, 0.1) is 23.5 Å². The summed E-state index contributed by atoms with van der Waals surface area (Å²) in [6, 6.07) is 11.0. The van der Waals surface area contributed by atoms with Crippen molar-refractivity contribution in [1.82, 2.24) is 4.90 Å². The highest BCUT2D eigenvalue weighted by molar-refractivity contribution is 7.98. The SMILES string of the molecule is COc1ccc(NC(=O)CN(C)C(=O)c2ccc(SC)c([N+](=O)[O-])c2)cc1. The number of nitro groups is 1. The Morgan fingerprint density at radius 3 is 2.44 bits per heavy atom. The number of methoxy groups -OCH3 is 1. The van der Waals surface area contributed by atoms with Gasteiger partial charge in [-0.25, -0.2) is 0 Å². The van der Waals surface area contributed by atoms with E-state index in [0.29, 0.717) is 16.3 Å². The Hall–Kier alpha value is -3.07. The largest absolute Gasteiger partial charge is 0.497 e. The number of hydrogen-bond donors (Lipinski definition) is 1. The molecule has 0 radical (unpaired) electrons. The number of nitrogens with one attached hydrogen (secondary N) is 1. The zero-order valence-electron chi connectivity index (χ0n) is 15.1. The molecule has 0 bridgehead atoms. The van der Waals surface area contributed by atoms with E-state index in [1.54, 1.807) is 37.6 Å². The third-order valence-corrected chi connectivity index (χ3v) is 4.51. The Morgan fingerprint density at radius 1 is 1.22 bits per heavy atom. The normalized spacial score (nSPS) is 10.2. The highest BCUT2D eigenvalue weighted by Crippen LogP contribution is 2.28. The summed E-state index contributed by atoms with van der Waals surface area (Å²) in [5, 5.41) is 13.8. The Labute approximate surface area is 160 Å². The first-order valence-electron chi connectivity index (χ1n) is 7.87. The molecule has 2 aromatic carbocycles. The molecule has 142 valence electrons. The van der Waals surface area contributed by atoms with Gasteiger partial charge in [-0.15, -0.1) is 11.8 Å². The van der Waals surface area contributed by atoms with Crippen LogP contribution in [0.1, 0.15) is 10.4 Å². The van der Waals surface area contributed by atoms with Gasteiger partial charge in [0.25, 0.3) is 11.6 Å². The summed E-state index contributed by atoms with van der Waals surface area (Å²) in [4.78, 5) is 36.9. The molecule has 9 heteroatoms. The second-order valence-electron chi connectivity index (χ2n) is 5.58. The second-order valence-corrected chi connectivity index (χ2v) is 6.43. The lowest BCUT2D eigenvalue weighted by Crippen LogP contribution is -2.34. The van der Waals surface area contributed by atoms with Crippen molar-refractivity contribution in [2.75, 3.05) is 32.3 Å². The fraction of sp³-hybridized carbons (Fsp3) is 0.222. The first-order chi connectivity index (χ1) is 12.8. The monoisotopic (exact) mass is 389 g/mol. The highest BCUT2D eigenvalue weighted by atomic mass is 32.2. The molecular weight excluding hydrogens is 370 g/mol. The molecule has 2 amide bonds. The number of likely N-dealkylation sites (N-methyl/N-ethyl adjacent to an activating group) is 1. The number of rotatable bonds is 7. The molecule has 0 aliphatic heterocycles. The van der Waals surface area contributed by atoms with Gasteiger partial charge < -0.3 is 15.0 Å². The molecule has 0 saturated carbocycles. The van der Waals surface area contributed by atoms with Gasteiger partial charge in [0.15, 0.2) is 0 Å². The van der Waals surface area contributed by atoms with Crippen LogP contribution in [0.5, 0.6) is 5.75 Å². The van der Waals surface area contributed by atoms with E-state index in [4.69, 9.17) is 4.74 Å². The minimum Gasteiger partial charge on any atom is -0.497 e. The van der Waals surface area contributed by atoms with Crippen LogP contribution in [0.25, 0.3) is 0 Å². The molecule has 0 fully saturated rings. The summed E-state index contributed by atoms with van der Waals surface area (Å²) >= 11 is 1.23. The van der Waals surface area contributed by atoms with Crippen LogP contribution in [0.3, 0.4) is 0 Å². The first kappa shape index (κ1) is 20.2. The average molecular weight is 389 g/mol. The van der Waals surface area contributed by atoms with Crippen LogP contribution in [0.15, 0.2) is 47.4 Å². The number of nitrogens with zero attached hydrogens (tertiary/aromatic N) is 2. The zero-order valence-corrected chi connectivity index (χ0v) is 15.9. The fourth-order valence-corrected chi connectivity index (χ4v) is 2.89. The van der Waals surface area contributed by atoms with Gasteiger partial charge in [0.1, 0.15) is 5.75 Å². The van der Waals surface area contributed by atoms with Crippen molar-refractivity contribution < 1.29 is 19.2 Å². The van der Waals surface area contributed by atoms with E-state index < -0.39 is 10.8 Å². The van der Waals surface area contributed by atoms with Gasteiger partial charge in [-0.1, -0.05) is 0 Å². The van der Waals surface area contributed by atoms with E-state index in [0.717, 1.165) is 0 Å². The summed E-state index contributed by atoms with van der Waals surface area (Å²) in [7, 11) is 3.01. The van der Waals surface area contributed by atoms with Crippen molar-refractivity contribution in [2.45, 2.75) is 4.90 Å². The molecule has 2 aromatic rings. The van der Waals surface area contributed by atoms with Crippen molar-refractivity contribution in [3.8, 4) is 5.75 Å². The molecule has 0 atom stereocenters. The van der Waals surface area contributed by atoms with Crippen LogP contribution in [-0.2, 0) is 4.79 Å². The molecule has 27 heavy (non-hydrogen) atoms. The number of carbonyl (C=O) groups excluding carboxylic acids is 2. The highest BCUT2D eigenvalue weighted by Gasteiger charge is 2.20. The Balaban J connectivity index is 2.05. The van der Waals surface area contributed by atoms with E-state index in [1.165, 1.54) is 41.9 Å². The standard InChI is InChI=1S/C18H19N3O5S/c1-20(11-17(22)19-13-5-7-14(26-2)8-6-13)18(23)12-4-9-16(27-3)15(10-12)21(24)25/h4-10H,11H2,1-3H3,(H,19,22). The third-order valence-electron chi connectivity index (χ3n) is 3.72. The van der Waals surface area contributed by atoms with Gasteiger partial charge in [0, 0.05) is 24.4 Å². The molecule has 0 unspecified atom stereocenters. The van der Waals surface area contributed by atoms with Crippen molar-refractivity contribution in [3.05, 3.63) is 58.1 Å². The first-order valence-corrected chi connectivity index (χ1v) is 9.10. The summed E-state index contributed by atoms with van der Waals surface area (Å²) in [6.07, 6.45) is 1.72. The van der Waals surface area contributed by atoms with Gasteiger partial charge in [0.2, 0.25) is 5.91 Å². The molecule has 2 rings (SSSR count). The van der Waals surface area contributed by atoms with Crippen molar-refractivity contribution >= 4 is 35.0 Å². The number of carbonyl (C=O) groups is 2. The molecule has 0 aliphatic carbocycles. The number of thioether (sulfide) groups is 1. The lowest BCUT2D eigenvalue weighted by atomic mass is 10.1. The molecule has 0 saturated heterocycles. The number of benzene rings is 2. The van der Waals surface area contributed by atoms with Crippen molar-refractivity contribution in [1.29, 1.82) is 0 Å². The zero-order chi connectivity index (χ0) is 20.0. The van der Waals surface area contributed by atoms with Crippen molar-refractivity contribution in [2.24, 2.45) is 0 Å². The van der Waals surface area contributed by atoms with E-state index >= 15 is 0 Å². The minimum absolute atomic E-state index is 0.135. The van der Waals surface area contributed by atoms with E-state index in [-0.39, 0.29) is 23.7 Å². The van der Waals surface area contributed by atoms with E-state index in [1.807, 2.05) is 0 Å². The molecule has 0 aromatic heterocycles. The minimum atomic E-state index is -0.529. The maximum absolute atomic E-state index is 12.5. The lowest BCUT2D eigenvalue weighted by molar-refractivity contribution is -0.387. The van der Waals surface area contributed by atoms with E-state index in [9.17, 15) is 19.7 Å². The number of anilines is 1. The van der Waals surface area contributed by atoms with Crippen LogP contribution in [0, 0.1) is 10.1 Å². The van der Waals surface area contributed by atoms with Gasteiger partial charge in [-0.3, -0.25) is 19.7 Å². The molecule has 0 spiro atoms. The smallest absolute Gasteiger partial charge is 0.283 e. The van der Waals surface area contributed by atoms with Crippen LogP contribution in [-0.4, -0.2) is 48.6 Å². The molecular formula is C18H19N3O5S. The average Bonchev–Trinajstić information content (AvgIpc) is 2.67. The number of ether oxygens (including phenoxy) is 1. The summed E-state index contributed by atoms with van der Waals surface area (Å²) in [6.45, 7) is -0.192. The van der Waals surface area contributed by atoms with Crippen LogP contribution >= 0.6 is 11.8 Å². The van der Waals surface area contributed by atoms with Gasteiger partial charge in [-0.05, 0) is 42.7 Å². The van der Waals surface area contributed by atoms with Crippen LogP contribution in [0.2, 0.25) is 0 Å².